The molecule has 5 heteroatoms. The first kappa shape index (κ1) is 12.9. The monoisotopic (exact) mass is 248 g/mol. The number of methoxy groups -OCH3 is 1. The number of thiazole rings is 1. The van der Waals surface area contributed by atoms with Crippen molar-refractivity contribution in [1.29, 1.82) is 0 Å². The Labute approximate surface area is 100 Å². The van der Waals surface area contributed by atoms with Gasteiger partial charge in [-0.15, -0.1) is 22.9 Å². The number of ether oxygens (including phenoxy) is 1. The van der Waals surface area contributed by atoms with Crippen molar-refractivity contribution in [3.63, 3.8) is 0 Å². The van der Waals surface area contributed by atoms with Gasteiger partial charge in [0.05, 0.1) is 17.3 Å². The highest BCUT2D eigenvalue weighted by Crippen LogP contribution is 2.10. The van der Waals surface area contributed by atoms with Crippen molar-refractivity contribution in [3.8, 4) is 0 Å². The van der Waals surface area contributed by atoms with Gasteiger partial charge in [0.2, 0.25) is 0 Å². The van der Waals surface area contributed by atoms with E-state index in [1.54, 1.807) is 18.4 Å². The molecule has 0 saturated carbocycles. The predicted molar refractivity (Wildman–Crippen MR) is 64.7 cm³/mol. The SMILES string of the molecule is COCCN(CCCl)Cc1csc(C)n1. The van der Waals surface area contributed by atoms with Crippen LogP contribution in [0.5, 0.6) is 0 Å². The predicted octanol–water partition coefficient (Wildman–Crippen LogP) is 2.14. The molecule has 0 amide bonds. The fourth-order valence-corrected chi connectivity index (χ4v) is 2.16. The van der Waals surface area contributed by atoms with Gasteiger partial charge >= 0.3 is 0 Å². The summed E-state index contributed by atoms with van der Waals surface area (Å²) in [6.45, 7) is 5.40. The van der Waals surface area contributed by atoms with Gasteiger partial charge < -0.3 is 4.74 Å². The minimum atomic E-state index is 0.646. The van der Waals surface area contributed by atoms with Gasteiger partial charge in [0.15, 0.2) is 0 Å². The summed E-state index contributed by atoms with van der Waals surface area (Å²) in [5, 5.41) is 3.21. The van der Waals surface area contributed by atoms with Crippen LogP contribution in [0.15, 0.2) is 5.38 Å². The second-order valence-electron chi connectivity index (χ2n) is 3.32. The molecule has 0 radical (unpaired) electrons. The molecule has 0 saturated heterocycles. The van der Waals surface area contributed by atoms with E-state index in [9.17, 15) is 0 Å². The minimum absolute atomic E-state index is 0.646. The van der Waals surface area contributed by atoms with Crippen LogP contribution < -0.4 is 0 Å². The Balaban J connectivity index is 2.42. The van der Waals surface area contributed by atoms with Gasteiger partial charge in [-0.2, -0.15) is 0 Å². The third-order valence-corrected chi connectivity index (χ3v) is 3.06. The molecular formula is C10H17ClN2OS. The van der Waals surface area contributed by atoms with Crippen molar-refractivity contribution >= 4 is 22.9 Å². The van der Waals surface area contributed by atoms with E-state index < -0.39 is 0 Å². The third kappa shape index (κ3) is 4.93. The van der Waals surface area contributed by atoms with E-state index in [2.05, 4.69) is 15.3 Å². The van der Waals surface area contributed by atoms with Crippen LogP contribution >= 0.6 is 22.9 Å². The molecule has 0 aliphatic heterocycles. The molecule has 0 aliphatic rings. The third-order valence-electron chi connectivity index (χ3n) is 2.06. The van der Waals surface area contributed by atoms with Crippen LogP contribution in [0.4, 0.5) is 0 Å². The Morgan fingerprint density at radius 1 is 1.53 bits per heavy atom. The number of aryl methyl sites for hydroxylation is 1. The first-order chi connectivity index (χ1) is 7.26. The normalized spacial score (nSPS) is 11.2. The topological polar surface area (TPSA) is 25.4 Å². The maximum Gasteiger partial charge on any atom is 0.0897 e. The molecule has 0 spiro atoms. The number of nitrogens with zero attached hydrogens (tertiary/aromatic N) is 2. The number of aromatic nitrogens is 1. The average Bonchev–Trinajstić information content (AvgIpc) is 2.61. The smallest absolute Gasteiger partial charge is 0.0897 e. The van der Waals surface area contributed by atoms with Crippen molar-refractivity contribution < 1.29 is 4.74 Å². The maximum atomic E-state index is 5.75. The van der Waals surface area contributed by atoms with E-state index in [4.69, 9.17) is 16.3 Å². The fourth-order valence-electron chi connectivity index (χ4n) is 1.32. The molecule has 1 aromatic heterocycles. The Morgan fingerprint density at radius 3 is 2.87 bits per heavy atom. The van der Waals surface area contributed by atoms with Gasteiger partial charge in [-0.1, -0.05) is 0 Å². The van der Waals surface area contributed by atoms with Crippen molar-refractivity contribution in [2.75, 3.05) is 32.7 Å². The molecule has 0 unspecified atom stereocenters. The van der Waals surface area contributed by atoms with E-state index >= 15 is 0 Å². The molecule has 1 rings (SSSR count). The van der Waals surface area contributed by atoms with Gasteiger partial charge in [-0.05, 0) is 6.92 Å². The summed E-state index contributed by atoms with van der Waals surface area (Å²) >= 11 is 7.43. The molecule has 1 heterocycles. The van der Waals surface area contributed by atoms with Gasteiger partial charge in [-0.3, -0.25) is 4.90 Å². The standard InChI is InChI=1S/C10H17ClN2OS/c1-9-12-10(8-15-9)7-13(4-3-11)5-6-14-2/h8H,3-7H2,1-2H3. The summed E-state index contributed by atoms with van der Waals surface area (Å²) in [6.07, 6.45) is 0. The quantitative estimate of drug-likeness (QED) is 0.692. The fraction of sp³-hybridized carbons (Fsp3) is 0.700. The molecular weight excluding hydrogens is 232 g/mol. The van der Waals surface area contributed by atoms with Crippen molar-refractivity contribution in [2.24, 2.45) is 0 Å². The minimum Gasteiger partial charge on any atom is -0.383 e. The Bertz CT molecular complexity index is 280. The highest BCUT2D eigenvalue weighted by atomic mass is 35.5. The summed E-state index contributed by atoms with van der Waals surface area (Å²) in [5.74, 6) is 0.646. The zero-order chi connectivity index (χ0) is 11.1. The summed E-state index contributed by atoms with van der Waals surface area (Å²) in [4.78, 5) is 6.69. The molecule has 1 aromatic rings. The van der Waals surface area contributed by atoms with Crippen LogP contribution in [0.1, 0.15) is 10.7 Å². The van der Waals surface area contributed by atoms with Crippen molar-refractivity contribution in [2.45, 2.75) is 13.5 Å². The maximum absolute atomic E-state index is 5.75. The Morgan fingerprint density at radius 2 is 2.33 bits per heavy atom. The van der Waals surface area contributed by atoms with Gasteiger partial charge in [-0.25, -0.2) is 4.98 Å². The molecule has 3 nitrogen and oxygen atoms in total. The summed E-state index contributed by atoms with van der Waals surface area (Å²) < 4.78 is 5.06. The molecule has 15 heavy (non-hydrogen) atoms. The van der Waals surface area contributed by atoms with Crippen LogP contribution in [0, 0.1) is 6.92 Å². The van der Waals surface area contributed by atoms with Crippen LogP contribution in [0.25, 0.3) is 0 Å². The summed E-state index contributed by atoms with van der Waals surface area (Å²) in [5.41, 5.74) is 1.12. The van der Waals surface area contributed by atoms with Gasteiger partial charge in [0, 0.05) is 38.0 Å². The highest BCUT2D eigenvalue weighted by Gasteiger charge is 2.07. The van der Waals surface area contributed by atoms with E-state index in [-0.39, 0.29) is 0 Å². The zero-order valence-corrected chi connectivity index (χ0v) is 10.8. The average molecular weight is 249 g/mol. The number of halogens is 1. The molecule has 0 bridgehead atoms. The first-order valence-corrected chi connectivity index (χ1v) is 6.36. The lowest BCUT2D eigenvalue weighted by atomic mass is 10.4. The van der Waals surface area contributed by atoms with E-state index in [1.165, 1.54) is 0 Å². The molecule has 86 valence electrons. The van der Waals surface area contributed by atoms with Crippen LogP contribution in [-0.2, 0) is 11.3 Å². The van der Waals surface area contributed by atoms with Crippen LogP contribution in [0.2, 0.25) is 0 Å². The van der Waals surface area contributed by atoms with E-state index in [0.29, 0.717) is 5.88 Å². The van der Waals surface area contributed by atoms with E-state index in [1.807, 2.05) is 6.92 Å². The highest BCUT2D eigenvalue weighted by molar-refractivity contribution is 7.09. The largest absolute Gasteiger partial charge is 0.383 e. The number of alkyl halides is 1. The number of hydrogen-bond acceptors (Lipinski definition) is 4. The molecule has 0 fully saturated rings. The lowest BCUT2D eigenvalue weighted by Crippen LogP contribution is -2.29. The molecule has 0 N–H and O–H groups in total. The van der Waals surface area contributed by atoms with Crippen molar-refractivity contribution in [3.05, 3.63) is 16.1 Å². The second-order valence-corrected chi connectivity index (χ2v) is 4.76. The van der Waals surface area contributed by atoms with Gasteiger partial charge in [0.1, 0.15) is 0 Å². The first-order valence-electron chi connectivity index (χ1n) is 4.94. The van der Waals surface area contributed by atoms with Gasteiger partial charge in [0.25, 0.3) is 0 Å². The summed E-state index contributed by atoms with van der Waals surface area (Å²) in [7, 11) is 1.71. The lowest BCUT2D eigenvalue weighted by Gasteiger charge is -2.19. The van der Waals surface area contributed by atoms with E-state index in [0.717, 1.165) is 36.9 Å². The van der Waals surface area contributed by atoms with Crippen molar-refractivity contribution in [1.82, 2.24) is 9.88 Å². The molecule has 0 aromatic carbocycles. The Hall–Kier alpha value is -0.160. The second kappa shape index (κ2) is 7.17. The number of hydrogen-bond donors (Lipinski definition) is 0. The zero-order valence-electron chi connectivity index (χ0n) is 9.20. The molecule has 0 aliphatic carbocycles. The summed E-state index contributed by atoms with van der Waals surface area (Å²) in [6, 6.07) is 0. The van der Waals surface area contributed by atoms with Crippen LogP contribution in [0.3, 0.4) is 0 Å². The lowest BCUT2D eigenvalue weighted by molar-refractivity contribution is 0.147. The van der Waals surface area contributed by atoms with Crippen LogP contribution in [-0.4, -0.2) is 42.6 Å². The molecule has 0 atom stereocenters. The Kier molecular flexibility index (Phi) is 6.17. The number of rotatable bonds is 7.